The minimum atomic E-state index is -0.180. The van der Waals surface area contributed by atoms with Crippen molar-refractivity contribution in [3.05, 3.63) is 24.0 Å². The molecular weight excluding hydrogens is 311 g/mol. The number of imidazole rings is 1. The average Bonchev–Trinajstić information content (AvgIpc) is 2.59. The Morgan fingerprint density at radius 2 is 2.10 bits per heavy atom. The number of hydrogen-bond donors (Lipinski definition) is 2. The number of halogens is 2. The minimum absolute atomic E-state index is 0. The Hall–Kier alpha value is -1.30. The van der Waals surface area contributed by atoms with E-state index in [0.717, 1.165) is 35.5 Å². The van der Waals surface area contributed by atoms with Crippen LogP contribution in [0.4, 0.5) is 5.69 Å². The maximum atomic E-state index is 11.3. The van der Waals surface area contributed by atoms with Crippen molar-refractivity contribution < 1.29 is 4.79 Å². The number of nitrogens with two attached hydrogens (primary N) is 1. The highest BCUT2D eigenvalue weighted by molar-refractivity contribution is 5.94. The summed E-state index contributed by atoms with van der Waals surface area (Å²) < 4.78 is 2.30. The Morgan fingerprint density at radius 3 is 2.86 bits per heavy atom. The van der Waals surface area contributed by atoms with Gasteiger partial charge in [-0.15, -0.1) is 24.8 Å². The molecule has 116 valence electrons. The number of benzene rings is 1. The lowest BCUT2D eigenvalue weighted by Gasteiger charge is -2.05. The van der Waals surface area contributed by atoms with Crippen LogP contribution in [0.15, 0.2) is 18.2 Å². The molecule has 7 heteroatoms. The summed E-state index contributed by atoms with van der Waals surface area (Å²) >= 11 is 0. The van der Waals surface area contributed by atoms with Gasteiger partial charge < -0.3 is 15.6 Å². The second kappa shape index (κ2) is 7.64. The van der Waals surface area contributed by atoms with Gasteiger partial charge in [-0.1, -0.05) is 6.42 Å². The molecule has 3 N–H and O–H groups in total. The Labute approximate surface area is 136 Å². The molecule has 1 amide bonds. The van der Waals surface area contributed by atoms with Crippen LogP contribution in [0.3, 0.4) is 0 Å². The molecule has 0 atom stereocenters. The molecule has 1 aromatic carbocycles. The Balaban J connectivity index is 0.00000110. The van der Waals surface area contributed by atoms with Crippen LogP contribution in [0.1, 0.15) is 25.1 Å². The summed E-state index contributed by atoms with van der Waals surface area (Å²) in [6, 6.07) is 5.86. The molecule has 0 unspecified atom stereocenters. The van der Waals surface area contributed by atoms with Gasteiger partial charge in [-0.25, -0.2) is 4.98 Å². The van der Waals surface area contributed by atoms with Crippen LogP contribution in [0.25, 0.3) is 11.0 Å². The van der Waals surface area contributed by atoms with Gasteiger partial charge in [-0.05, 0) is 31.0 Å². The lowest BCUT2D eigenvalue weighted by Crippen LogP contribution is -2.21. The second-order valence-corrected chi connectivity index (χ2v) is 4.95. The number of nitrogens with one attached hydrogen (secondary N) is 1. The van der Waals surface area contributed by atoms with Gasteiger partial charge >= 0.3 is 0 Å². The van der Waals surface area contributed by atoms with E-state index >= 15 is 0 Å². The summed E-state index contributed by atoms with van der Waals surface area (Å²) in [5, 5.41) is 2.76. The van der Waals surface area contributed by atoms with Gasteiger partial charge in [0.05, 0.1) is 17.6 Å². The predicted molar refractivity (Wildman–Crippen MR) is 89.5 cm³/mol. The molecule has 21 heavy (non-hydrogen) atoms. The van der Waals surface area contributed by atoms with Crippen molar-refractivity contribution in [2.75, 3.05) is 11.9 Å². The molecule has 5 nitrogen and oxygen atoms in total. The Kier molecular flexibility index (Phi) is 6.45. The lowest BCUT2D eigenvalue weighted by atomic mass is 10.2. The van der Waals surface area contributed by atoms with Gasteiger partial charge in [-0.2, -0.15) is 0 Å². The molecule has 0 spiro atoms. The van der Waals surface area contributed by atoms with Crippen molar-refractivity contribution in [2.24, 2.45) is 5.73 Å². The summed E-state index contributed by atoms with van der Waals surface area (Å²) in [7, 11) is 0. The van der Waals surface area contributed by atoms with Crippen molar-refractivity contribution >= 4 is 47.4 Å². The maximum absolute atomic E-state index is 11.3. The molecule has 0 saturated heterocycles. The third kappa shape index (κ3) is 3.67. The highest BCUT2D eigenvalue weighted by Gasteiger charge is 2.13. The summed E-state index contributed by atoms with van der Waals surface area (Å²) in [5.41, 5.74) is 8.16. The molecule has 1 aliphatic rings. The molecule has 2 heterocycles. The SMILES string of the molecule is Cl.Cl.NCC(=O)Nc1ccc2c(c1)nc1n2CCCCC1. The van der Waals surface area contributed by atoms with E-state index in [1.165, 1.54) is 19.3 Å². The van der Waals surface area contributed by atoms with E-state index in [9.17, 15) is 4.79 Å². The first-order chi connectivity index (χ1) is 9.28. The number of anilines is 1. The highest BCUT2D eigenvalue weighted by Crippen LogP contribution is 2.24. The van der Waals surface area contributed by atoms with Crippen LogP contribution in [0.5, 0.6) is 0 Å². The largest absolute Gasteiger partial charge is 0.328 e. The fraction of sp³-hybridized carbons (Fsp3) is 0.429. The minimum Gasteiger partial charge on any atom is -0.328 e. The third-order valence-electron chi connectivity index (χ3n) is 3.58. The van der Waals surface area contributed by atoms with Gasteiger partial charge in [0.25, 0.3) is 0 Å². The molecule has 2 aromatic rings. The number of amides is 1. The standard InChI is InChI=1S/C14H18N4O.2ClH/c15-9-14(19)16-10-5-6-12-11(8-10)17-13-4-2-1-3-7-18(12)13;;/h5-6,8H,1-4,7,9,15H2,(H,16,19);2*1H. The normalized spacial score (nSPS) is 13.6. The number of carbonyl (C=O) groups is 1. The van der Waals surface area contributed by atoms with Crippen molar-refractivity contribution in [1.82, 2.24) is 9.55 Å². The van der Waals surface area contributed by atoms with Crippen LogP contribution in [0.2, 0.25) is 0 Å². The molecule has 0 radical (unpaired) electrons. The Bertz CT molecular complexity index is 627. The lowest BCUT2D eigenvalue weighted by molar-refractivity contribution is -0.114. The van der Waals surface area contributed by atoms with Gasteiger partial charge in [0.2, 0.25) is 5.91 Å². The second-order valence-electron chi connectivity index (χ2n) is 4.95. The van der Waals surface area contributed by atoms with Crippen LogP contribution in [-0.4, -0.2) is 22.0 Å². The first-order valence-corrected chi connectivity index (χ1v) is 6.77. The van der Waals surface area contributed by atoms with E-state index in [1.54, 1.807) is 0 Å². The van der Waals surface area contributed by atoms with Gasteiger partial charge in [-0.3, -0.25) is 4.79 Å². The predicted octanol–water partition coefficient (Wildman–Crippen LogP) is 2.50. The van der Waals surface area contributed by atoms with E-state index in [0.29, 0.717) is 0 Å². The van der Waals surface area contributed by atoms with Crippen molar-refractivity contribution in [3.63, 3.8) is 0 Å². The number of aryl methyl sites for hydroxylation is 2. The molecule has 3 rings (SSSR count). The van der Waals surface area contributed by atoms with Crippen LogP contribution >= 0.6 is 24.8 Å². The number of aromatic nitrogens is 2. The molecular formula is C14H20Cl2N4O. The first kappa shape index (κ1) is 17.8. The maximum Gasteiger partial charge on any atom is 0.238 e. The molecule has 1 aromatic heterocycles. The smallest absolute Gasteiger partial charge is 0.238 e. The zero-order chi connectivity index (χ0) is 13.2. The fourth-order valence-corrected chi connectivity index (χ4v) is 2.64. The van der Waals surface area contributed by atoms with Crippen molar-refractivity contribution in [3.8, 4) is 0 Å². The average molecular weight is 331 g/mol. The van der Waals surface area contributed by atoms with Gasteiger partial charge in [0.15, 0.2) is 0 Å². The van der Waals surface area contributed by atoms with E-state index < -0.39 is 0 Å². The number of carbonyl (C=O) groups excluding carboxylic acids is 1. The van der Waals surface area contributed by atoms with E-state index in [4.69, 9.17) is 5.73 Å². The summed E-state index contributed by atoms with van der Waals surface area (Å²) in [5.74, 6) is 0.981. The van der Waals surface area contributed by atoms with E-state index in [-0.39, 0.29) is 37.3 Å². The summed E-state index contributed by atoms with van der Waals surface area (Å²) in [6.07, 6.45) is 4.73. The quantitative estimate of drug-likeness (QED) is 0.888. The number of hydrogen-bond acceptors (Lipinski definition) is 3. The monoisotopic (exact) mass is 330 g/mol. The van der Waals surface area contributed by atoms with Gasteiger partial charge in [0.1, 0.15) is 5.82 Å². The van der Waals surface area contributed by atoms with Crippen molar-refractivity contribution in [2.45, 2.75) is 32.2 Å². The summed E-state index contributed by atoms with van der Waals surface area (Å²) in [4.78, 5) is 16.0. The molecule has 0 fully saturated rings. The number of fused-ring (bicyclic) bond motifs is 3. The van der Waals surface area contributed by atoms with Crippen LogP contribution in [0, 0.1) is 0 Å². The molecule has 0 bridgehead atoms. The van der Waals surface area contributed by atoms with Crippen LogP contribution < -0.4 is 11.1 Å². The highest BCUT2D eigenvalue weighted by atomic mass is 35.5. The number of nitrogens with zero attached hydrogens (tertiary/aromatic N) is 2. The van der Waals surface area contributed by atoms with E-state index in [2.05, 4.69) is 14.9 Å². The number of rotatable bonds is 2. The van der Waals surface area contributed by atoms with Crippen molar-refractivity contribution in [1.29, 1.82) is 0 Å². The van der Waals surface area contributed by atoms with E-state index in [1.807, 2.05) is 18.2 Å². The topological polar surface area (TPSA) is 72.9 Å². The summed E-state index contributed by atoms with van der Waals surface area (Å²) in [6.45, 7) is 1.04. The van der Waals surface area contributed by atoms with Gasteiger partial charge in [0, 0.05) is 18.7 Å². The molecule has 1 aliphatic heterocycles. The molecule has 0 aliphatic carbocycles. The first-order valence-electron chi connectivity index (χ1n) is 6.77. The Morgan fingerprint density at radius 1 is 1.29 bits per heavy atom. The molecule has 0 saturated carbocycles. The van der Waals surface area contributed by atoms with Crippen LogP contribution in [-0.2, 0) is 17.8 Å². The fourth-order valence-electron chi connectivity index (χ4n) is 2.64. The zero-order valence-electron chi connectivity index (χ0n) is 11.7. The zero-order valence-corrected chi connectivity index (χ0v) is 13.3. The third-order valence-corrected chi connectivity index (χ3v) is 3.58.